The van der Waals surface area contributed by atoms with Crippen LogP contribution in [0.4, 0.5) is 0 Å². The van der Waals surface area contributed by atoms with Crippen LogP contribution in [0.2, 0.25) is 0 Å². The monoisotopic (exact) mass is 294 g/mol. The molecule has 4 nitrogen and oxygen atoms in total. The highest BCUT2D eigenvalue weighted by Crippen LogP contribution is 2.26. The smallest absolute Gasteiger partial charge is 0.161 e. The average molecular weight is 294 g/mol. The second kappa shape index (κ2) is 10.5. The van der Waals surface area contributed by atoms with Crippen LogP contribution in [0.25, 0.3) is 0 Å². The molecule has 0 bridgehead atoms. The van der Waals surface area contributed by atoms with Crippen molar-refractivity contribution in [1.82, 2.24) is 4.90 Å². The maximum atomic E-state index is 5.90. The summed E-state index contributed by atoms with van der Waals surface area (Å²) in [6, 6.07) is 8.41. The van der Waals surface area contributed by atoms with E-state index in [-0.39, 0.29) is 0 Å². The normalized spacial score (nSPS) is 11.1. The fourth-order valence-electron chi connectivity index (χ4n) is 2.56. The lowest BCUT2D eigenvalue weighted by Crippen LogP contribution is -2.40. The van der Waals surface area contributed by atoms with Gasteiger partial charge in [-0.2, -0.15) is 0 Å². The first-order chi connectivity index (χ1) is 10.3. The lowest BCUT2D eigenvalue weighted by atomic mass is 10.1. The van der Waals surface area contributed by atoms with Gasteiger partial charge in [0.1, 0.15) is 6.61 Å². The summed E-state index contributed by atoms with van der Waals surface area (Å²) < 4.78 is 11.5. The molecule has 0 aliphatic heterocycles. The Kier molecular flexibility index (Phi) is 8.87. The fraction of sp³-hybridized carbons (Fsp3) is 0.647. The summed E-state index contributed by atoms with van der Waals surface area (Å²) in [6.45, 7) is 10.2. The summed E-state index contributed by atoms with van der Waals surface area (Å²) in [4.78, 5) is 2.42. The van der Waals surface area contributed by atoms with E-state index < -0.39 is 0 Å². The predicted octanol–water partition coefficient (Wildman–Crippen LogP) is 2.91. The number of para-hydroxylation sites is 2. The Morgan fingerprint density at radius 2 is 1.62 bits per heavy atom. The molecule has 0 saturated heterocycles. The van der Waals surface area contributed by atoms with Gasteiger partial charge in [0.15, 0.2) is 11.5 Å². The van der Waals surface area contributed by atoms with Crippen LogP contribution in [0.5, 0.6) is 11.5 Å². The molecule has 120 valence electrons. The minimum atomic E-state index is 0.583. The zero-order valence-electron chi connectivity index (χ0n) is 13.7. The van der Waals surface area contributed by atoms with E-state index in [0.29, 0.717) is 25.8 Å². The molecule has 1 aromatic rings. The van der Waals surface area contributed by atoms with Gasteiger partial charge in [0.2, 0.25) is 0 Å². The van der Waals surface area contributed by atoms with Gasteiger partial charge in [-0.05, 0) is 31.9 Å². The molecule has 0 aliphatic carbocycles. The first-order valence-corrected chi connectivity index (χ1v) is 8.05. The Labute approximate surface area is 129 Å². The first-order valence-electron chi connectivity index (χ1n) is 8.05. The third-order valence-electron chi connectivity index (χ3n) is 3.66. The quantitative estimate of drug-likeness (QED) is 0.682. The van der Waals surface area contributed by atoms with Gasteiger partial charge in [-0.25, -0.2) is 0 Å². The molecule has 0 saturated carbocycles. The van der Waals surface area contributed by atoms with Crippen molar-refractivity contribution < 1.29 is 9.47 Å². The maximum absolute atomic E-state index is 5.90. The van der Waals surface area contributed by atoms with E-state index >= 15 is 0 Å². The molecule has 21 heavy (non-hydrogen) atoms. The van der Waals surface area contributed by atoms with Crippen LogP contribution in [0, 0.1) is 0 Å². The van der Waals surface area contributed by atoms with Crippen molar-refractivity contribution >= 4 is 0 Å². The number of ether oxygens (including phenoxy) is 2. The van der Waals surface area contributed by atoms with Crippen LogP contribution in [0.3, 0.4) is 0 Å². The van der Waals surface area contributed by atoms with Crippen molar-refractivity contribution in [1.29, 1.82) is 0 Å². The molecule has 0 fully saturated rings. The highest BCUT2D eigenvalue weighted by atomic mass is 16.5. The van der Waals surface area contributed by atoms with E-state index in [1.54, 1.807) is 0 Å². The van der Waals surface area contributed by atoms with Crippen LogP contribution in [-0.4, -0.2) is 43.8 Å². The molecule has 0 aromatic heterocycles. The summed E-state index contributed by atoms with van der Waals surface area (Å²) >= 11 is 0. The van der Waals surface area contributed by atoms with E-state index in [9.17, 15) is 0 Å². The van der Waals surface area contributed by atoms with Crippen molar-refractivity contribution in [2.24, 2.45) is 5.73 Å². The molecule has 0 heterocycles. The summed E-state index contributed by atoms with van der Waals surface area (Å²) in [6.07, 6.45) is 2.29. The largest absolute Gasteiger partial charge is 0.490 e. The summed E-state index contributed by atoms with van der Waals surface area (Å²) in [7, 11) is 0. The van der Waals surface area contributed by atoms with E-state index in [1.807, 2.05) is 31.2 Å². The van der Waals surface area contributed by atoms with Gasteiger partial charge >= 0.3 is 0 Å². The Morgan fingerprint density at radius 3 is 2.14 bits per heavy atom. The van der Waals surface area contributed by atoms with E-state index in [2.05, 4.69) is 18.7 Å². The third kappa shape index (κ3) is 5.94. The van der Waals surface area contributed by atoms with Crippen LogP contribution in [0.15, 0.2) is 24.3 Å². The Hall–Kier alpha value is -1.26. The van der Waals surface area contributed by atoms with Crippen molar-refractivity contribution in [3.63, 3.8) is 0 Å². The maximum Gasteiger partial charge on any atom is 0.161 e. The topological polar surface area (TPSA) is 47.7 Å². The third-order valence-corrected chi connectivity index (χ3v) is 3.66. The van der Waals surface area contributed by atoms with E-state index in [4.69, 9.17) is 15.2 Å². The van der Waals surface area contributed by atoms with Gasteiger partial charge in [-0.1, -0.05) is 26.0 Å². The van der Waals surface area contributed by atoms with E-state index in [1.165, 1.54) is 0 Å². The molecule has 0 amide bonds. The number of nitrogens with zero attached hydrogens (tertiary/aromatic N) is 1. The number of hydrogen-bond donors (Lipinski definition) is 1. The zero-order valence-corrected chi connectivity index (χ0v) is 13.7. The van der Waals surface area contributed by atoms with Crippen LogP contribution in [0.1, 0.15) is 33.6 Å². The van der Waals surface area contributed by atoms with Crippen molar-refractivity contribution in [2.75, 3.05) is 32.8 Å². The molecule has 0 spiro atoms. The Bertz CT molecular complexity index is 381. The molecule has 0 radical (unpaired) electrons. The molecule has 1 rings (SSSR count). The minimum Gasteiger partial charge on any atom is -0.490 e. The highest BCUT2D eigenvalue weighted by Gasteiger charge is 2.14. The molecular formula is C17H30N2O2. The van der Waals surface area contributed by atoms with Gasteiger partial charge in [-0.15, -0.1) is 0 Å². The molecular weight excluding hydrogens is 264 g/mol. The lowest BCUT2D eigenvalue weighted by molar-refractivity contribution is 0.153. The Morgan fingerprint density at radius 1 is 1.00 bits per heavy atom. The van der Waals surface area contributed by atoms with Crippen molar-refractivity contribution in [3.8, 4) is 11.5 Å². The van der Waals surface area contributed by atoms with Crippen molar-refractivity contribution in [3.05, 3.63) is 24.3 Å². The van der Waals surface area contributed by atoms with Crippen LogP contribution < -0.4 is 15.2 Å². The molecule has 0 atom stereocenters. The highest BCUT2D eigenvalue weighted by molar-refractivity contribution is 5.39. The second-order valence-corrected chi connectivity index (χ2v) is 5.02. The Balaban J connectivity index is 2.53. The molecule has 4 heteroatoms. The van der Waals surface area contributed by atoms with E-state index in [0.717, 1.165) is 37.4 Å². The molecule has 2 N–H and O–H groups in total. The molecule has 1 aromatic carbocycles. The number of rotatable bonds is 11. The van der Waals surface area contributed by atoms with Crippen LogP contribution >= 0.6 is 0 Å². The number of benzene rings is 1. The molecule has 0 unspecified atom stereocenters. The minimum absolute atomic E-state index is 0.583. The number of hydrogen-bond acceptors (Lipinski definition) is 4. The predicted molar refractivity (Wildman–Crippen MR) is 88.1 cm³/mol. The SMILES string of the molecule is CCOc1ccccc1OCCN(CCN)C(CC)CC. The average Bonchev–Trinajstić information content (AvgIpc) is 2.50. The summed E-state index contributed by atoms with van der Waals surface area (Å²) in [5.74, 6) is 1.63. The van der Waals surface area contributed by atoms with Gasteiger partial charge in [0.25, 0.3) is 0 Å². The zero-order chi connectivity index (χ0) is 15.5. The summed E-state index contributed by atoms with van der Waals surface area (Å²) in [5, 5.41) is 0. The van der Waals surface area contributed by atoms with Crippen LogP contribution in [-0.2, 0) is 0 Å². The van der Waals surface area contributed by atoms with Crippen molar-refractivity contribution in [2.45, 2.75) is 39.7 Å². The first kappa shape index (κ1) is 17.8. The lowest BCUT2D eigenvalue weighted by Gasteiger charge is -2.29. The fourth-order valence-corrected chi connectivity index (χ4v) is 2.56. The van der Waals surface area contributed by atoms with Gasteiger partial charge in [0, 0.05) is 25.7 Å². The van der Waals surface area contributed by atoms with Gasteiger partial charge in [-0.3, -0.25) is 4.90 Å². The standard InChI is InChI=1S/C17H30N2O2/c1-4-15(5-2)19(12-11-18)13-14-21-17-10-8-7-9-16(17)20-6-3/h7-10,15H,4-6,11-14,18H2,1-3H3. The van der Waals surface area contributed by atoms with Gasteiger partial charge in [0.05, 0.1) is 6.61 Å². The molecule has 0 aliphatic rings. The summed E-state index contributed by atoms with van der Waals surface area (Å²) in [5.41, 5.74) is 5.72. The second-order valence-electron chi connectivity index (χ2n) is 5.02. The number of nitrogens with two attached hydrogens (primary N) is 1. The van der Waals surface area contributed by atoms with Gasteiger partial charge < -0.3 is 15.2 Å².